The van der Waals surface area contributed by atoms with E-state index in [0.717, 1.165) is 16.8 Å². The van der Waals surface area contributed by atoms with Gasteiger partial charge in [0.1, 0.15) is 5.69 Å². The highest BCUT2D eigenvalue weighted by Crippen LogP contribution is 2.27. The Bertz CT molecular complexity index is 932. The normalized spacial score (nSPS) is 10.2. The predicted octanol–water partition coefficient (Wildman–Crippen LogP) is 3.04. The van der Waals surface area contributed by atoms with Crippen LogP contribution < -0.4 is 20.1 Å². The summed E-state index contributed by atoms with van der Waals surface area (Å²) in [6.07, 6.45) is 5.10. The third-order valence-electron chi connectivity index (χ3n) is 4.14. The van der Waals surface area contributed by atoms with E-state index in [-0.39, 0.29) is 5.91 Å². The highest BCUT2D eigenvalue weighted by Gasteiger charge is 2.09. The second-order valence-electron chi connectivity index (χ2n) is 6.01. The molecule has 1 aromatic carbocycles. The first-order valence-electron chi connectivity index (χ1n) is 8.77. The van der Waals surface area contributed by atoms with E-state index in [1.165, 1.54) is 0 Å². The Hall–Kier alpha value is -3.61. The van der Waals surface area contributed by atoms with Crippen molar-refractivity contribution >= 4 is 11.6 Å². The second-order valence-corrected chi connectivity index (χ2v) is 6.01. The summed E-state index contributed by atoms with van der Waals surface area (Å²) in [7, 11) is 3.16. The lowest BCUT2D eigenvalue weighted by molar-refractivity contribution is 0.0946. The number of ether oxygens (including phenoxy) is 2. The van der Waals surface area contributed by atoms with Gasteiger partial charge in [0.15, 0.2) is 11.5 Å². The summed E-state index contributed by atoms with van der Waals surface area (Å²) in [6.45, 7) is 0.995. The Kier molecular flexibility index (Phi) is 6.41. The van der Waals surface area contributed by atoms with Gasteiger partial charge < -0.3 is 20.1 Å². The molecule has 0 aliphatic heterocycles. The second kappa shape index (κ2) is 9.36. The maximum atomic E-state index is 12.5. The van der Waals surface area contributed by atoms with Crippen molar-refractivity contribution in [3.05, 3.63) is 77.9 Å². The molecule has 0 saturated heterocycles. The molecular formula is C21H22N4O3. The fraction of sp³-hybridized carbons (Fsp3) is 0.190. The van der Waals surface area contributed by atoms with Crippen molar-refractivity contribution in [3.8, 4) is 11.5 Å². The smallest absolute Gasteiger partial charge is 0.270 e. The van der Waals surface area contributed by atoms with Gasteiger partial charge in [-0.1, -0.05) is 6.07 Å². The number of hydrogen-bond donors (Lipinski definition) is 2. The van der Waals surface area contributed by atoms with E-state index in [0.29, 0.717) is 30.3 Å². The first kappa shape index (κ1) is 19.2. The SMILES string of the molecule is COc1ccc(CNC(=O)c2cc(NCc3ccncc3)ccn2)cc1OC. The van der Waals surface area contributed by atoms with Gasteiger partial charge in [-0.2, -0.15) is 0 Å². The quantitative estimate of drug-likeness (QED) is 0.627. The van der Waals surface area contributed by atoms with Gasteiger partial charge in [0.25, 0.3) is 5.91 Å². The number of aromatic nitrogens is 2. The molecule has 2 N–H and O–H groups in total. The molecule has 0 radical (unpaired) electrons. The van der Waals surface area contributed by atoms with E-state index >= 15 is 0 Å². The zero-order valence-corrected chi connectivity index (χ0v) is 15.8. The van der Waals surface area contributed by atoms with E-state index in [9.17, 15) is 4.79 Å². The van der Waals surface area contributed by atoms with Gasteiger partial charge in [-0.15, -0.1) is 0 Å². The van der Waals surface area contributed by atoms with Gasteiger partial charge in [0.05, 0.1) is 14.2 Å². The van der Waals surface area contributed by atoms with Crippen LogP contribution in [-0.4, -0.2) is 30.1 Å². The van der Waals surface area contributed by atoms with E-state index in [2.05, 4.69) is 20.6 Å². The molecule has 28 heavy (non-hydrogen) atoms. The van der Waals surface area contributed by atoms with Crippen LogP contribution in [0.3, 0.4) is 0 Å². The van der Waals surface area contributed by atoms with Crippen molar-refractivity contribution in [1.82, 2.24) is 15.3 Å². The lowest BCUT2D eigenvalue weighted by Gasteiger charge is -2.11. The van der Waals surface area contributed by atoms with Gasteiger partial charge in [0.2, 0.25) is 0 Å². The highest BCUT2D eigenvalue weighted by atomic mass is 16.5. The van der Waals surface area contributed by atoms with Crippen LogP contribution in [0.15, 0.2) is 61.1 Å². The van der Waals surface area contributed by atoms with E-state index in [1.807, 2.05) is 36.4 Å². The average Bonchev–Trinajstić information content (AvgIpc) is 2.76. The Morgan fingerprint density at radius 2 is 1.68 bits per heavy atom. The number of carbonyl (C=O) groups is 1. The zero-order valence-electron chi connectivity index (χ0n) is 15.8. The van der Waals surface area contributed by atoms with Crippen LogP contribution in [-0.2, 0) is 13.1 Å². The monoisotopic (exact) mass is 378 g/mol. The molecule has 7 heteroatoms. The van der Waals surface area contributed by atoms with Crippen LogP contribution in [0.1, 0.15) is 21.6 Å². The van der Waals surface area contributed by atoms with Crippen LogP contribution in [0, 0.1) is 0 Å². The molecule has 3 aromatic rings. The fourth-order valence-electron chi connectivity index (χ4n) is 2.63. The molecule has 0 unspecified atom stereocenters. The third-order valence-corrected chi connectivity index (χ3v) is 4.14. The van der Waals surface area contributed by atoms with Gasteiger partial charge >= 0.3 is 0 Å². The molecule has 0 bridgehead atoms. The van der Waals surface area contributed by atoms with Gasteiger partial charge in [-0.3, -0.25) is 14.8 Å². The molecule has 0 atom stereocenters. The largest absolute Gasteiger partial charge is 0.493 e. The number of pyridine rings is 2. The summed E-state index contributed by atoms with van der Waals surface area (Å²) in [5.74, 6) is 1.02. The summed E-state index contributed by atoms with van der Waals surface area (Å²) < 4.78 is 10.5. The lowest BCUT2D eigenvalue weighted by atomic mass is 10.2. The molecule has 1 amide bonds. The Labute approximate surface area is 163 Å². The van der Waals surface area contributed by atoms with Gasteiger partial charge in [-0.25, -0.2) is 0 Å². The summed E-state index contributed by atoms with van der Waals surface area (Å²) in [5.41, 5.74) is 3.17. The summed E-state index contributed by atoms with van der Waals surface area (Å²) in [6, 6.07) is 12.9. The number of rotatable bonds is 8. The van der Waals surface area contributed by atoms with Crippen LogP contribution in [0.4, 0.5) is 5.69 Å². The van der Waals surface area contributed by atoms with Crippen LogP contribution in [0.25, 0.3) is 0 Å². The van der Waals surface area contributed by atoms with Crippen molar-refractivity contribution < 1.29 is 14.3 Å². The fourth-order valence-corrected chi connectivity index (χ4v) is 2.63. The summed E-state index contributed by atoms with van der Waals surface area (Å²) >= 11 is 0. The average molecular weight is 378 g/mol. The lowest BCUT2D eigenvalue weighted by Crippen LogP contribution is -2.23. The van der Waals surface area contributed by atoms with Crippen LogP contribution >= 0.6 is 0 Å². The van der Waals surface area contributed by atoms with Gasteiger partial charge in [-0.05, 0) is 47.5 Å². The molecule has 2 aromatic heterocycles. The topological polar surface area (TPSA) is 85.4 Å². The van der Waals surface area contributed by atoms with Crippen molar-refractivity contribution in [2.75, 3.05) is 19.5 Å². The third kappa shape index (κ3) is 4.97. The van der Waals surface area contributed by atoms with E-state index in [4.69, 9.17) is 9.47 Å². The molecule has 2 heterocycles. The number of carbonyl (C=O) groups excluding carboxylic acids is 1. The summed E-state index contributed by atoms with van der Waals surface area (Å²) in [4.78, 5) is 20.6. The molecule has 7 nitrogen and oxygen atoms in total. The molecule has 3 rings (SSSR count). The predicted molar refractivity (Wildman–Crippen MR) is 107 cm³/mol. The Morgan fingerprint density at radius 3 is 2.43 bits per heavy atom. The Morgan fingerprint density at radius 1 is 0.893 bits per heavy atom. The molecule has 0 spiro atoms. The molecule has 144 valence electrons. The van der Waals surface area contributed by atoms with Gasteiger partial charge in [0, 0.05) is 37.4 Å². The minimum Gasteiger partial charge on any atom is -0.493 e. The molecule has 0 aliphatic rings. The number of benzene rings is 1. The summed E-state index contributed by atoms with van der Waals surface area (Å²) in [5, 5.41) is 6.15. The molecular weight excluding hydrogens is 356 g/mol. The van der Waals surface area contributed by atoms with Crippen molar-refractivity contribution in [1.29, 1.82) is 0 Å². The molecule has 0 saturated carbocycles. The number of anilines is 1. The first-order chi connectivity index (χ1) is 13.7. The number of amides is 1. The maximum Gasteiger partial charge on any atom is 0.270 e. The standard InChI is InChI=1S/C21H22N4O3/c1-27-19-4-3-16(11-20(19)28-2)14-25-21(26)18-12-17(7-10-23-18)24-13-15-5-8-22-9-6-15/h3-12H,13-14H2,1-2H3,(H,23,24)(H,25,26). The number of nitrogens with one attached hydrogen (secondary N) is 2. The van der Waals surface area contributed by atoms with Crippen LogP contribution in [0.2, 0.25) is 0 Å². The van der Waals surface area contributed by atoms with E-state index in [1.54, 1.807) is 38.9 Å². The zero-order chi connectivity index (χ0) is 19.8. The maximum absolute atomic E-state index is 12.5. The molecule has 0 fully saturated rings. The van der Waals surface area contributed by atoms with Crippen molar-refractivity contribution in [2.45, 2.75) is 13.1 Å². The van der Waals surface area contributed by atoms with Crippen LogP contribution in [0.5, 0.6) is 11.5 Å². The van der Waals surface area contributed by atoms with E-state index < -0.39 is 0 Å². The molecule has 0 aliphatic carbocycles. The minimum absolute atomic E-state index is 0.248. The minimum atomic E-state index is -0.248. The highest BCUT2D eigenvalue weighted by molar-refractivity contribution is 5.93. The first-order valence-corrected chi connectivity index (χ1v) is 8.77. The van der Waals surface area contributed by atoms with Crippen molar-refractivity contribution in [3.63, 3.8) is 0 Å². The number of hydrogen-bond acceptors (Lipinski definition) is 6. The Balaban J connectivity index is 1.60. The van der Waals surface area contributed by atoms with Crippen molar-refractivity contribution in [2.24, 2.45) is 0 Å². The number of nitrogens with zero attached hydrogens (tertiary/aromatic N) is 2. The number of methoxy groups -OCH3 is 2.